The third-order valence-corrected chi connectivity index (χ3v) is 4.78. The third kappa shape index (κ3) is 6.12. The second-order valence-corrected chi connectivity index (χ2v) is 7.29. The maximum atomic E-state index is 12.5. The molecule has 0 bridgehead atoms. The second-order valence-electron chi connectivity index (χ2n) is 7.29. The highest BCUT2D eigenvalue weighted by molar-refractivity contribution is 6.04. The van der Waals surface area contributed by atoms with E-state index in [-0.39, 0.29) is 11.8 Å². The molecule has 0 heterocycles. The van der Waals surface area contributed by atoms with Crippen LogP contribution in [0.15, 0.2) is 54.6 Å². The molecule has 0 aliphatic carbocycles. The summed E-state index contributed by atoms with van der Waals surface area (Å²) in [6.07, 6.45) is 2.37. The van der Waals surface area contributed by atoms with Gasteiger partial charge in [-0.05, 0) is 50.3 Å². The van der Waals surface area contributed by atoms with Crippen molar-refractivity contribution in [3.8, 4) is 5.75 Å². The minimum Gasteiger partial charge on any atom is -0.496 e. The van der Waals surface area contributed by atoms with Crippen LogP contribution in [0.25, 0.3) is 0 Å². The van der Waals surface area contributed by atoms with Crippen LogP contribution in [-0.2, 0) is 22.4 Å². The van der Waals surface area contributed by atoms with E-state index < -0.39 is 5.41 Å². The number of aryl methyl sites for hydroxylation is 1. The zero-order chi connectivity index (χ0) is 20.4. The molecule has 28 heavy (non-hydrogen) atoms. The molecule has 2 aromatic carbocycles. The Morgan fingerprint density at radius 3 is 2.14 bits per heavy atom. The summed E-state index contributed by atoms with van der Waals surface area (Å²) in [6.45, 7) is 4.30. The van der Waals surface area contributed by atoms with Crippen molar-refractivity contribution < 1.29 is 14.3 Å². The summed E-state index contributed by atoms with van der Waals surface area (Å²) >= 11 is 0. The lowest BCUT2D eigenvalue weighted by Crippen LogP contribution is -2.48. The Morgan fingerprint density at radius 1 is 0.857 bits per heavy atom. The molecule has 2 rings (SSSR count). The van der Waals surface area contributed by atoms with Crippen LogP contribution in [0.2, 0.25) is 0 Å². The molecule has 0 aliphatic heterocycles. The molecule has 0 fully saturated rings. The van der Waals surface area contributed by atoms with Crippen LogP contribution in [0.1, 0.15) is 31.4 Å². The Bertz CT molecular complexity index is 772. The third-order valence-electron chi connectivity index (χ3n) is 4.78. The van der Waals surface area contributed by atoms with Gasteiger partial charge in [0.25, 0.3) is 0 Å². The quantitative estimate of drug-likeness (QED) is 0.490. The van der Waals surface area contributed by atoms with Gasteiger partial charge in [-0.2, -0.15) is 0 Å². The summed E-state index contributed by atoms with van der Waals surface area (Å²) in [7, 11) is 1.63. The number of rotatable bonds is 10. The fourth-order valence-corrected chi connectivity index (χ4v) is 2.90. The second kappa shape index (κ2) is 10.5. The van der Waals surface area contributed by atoms with E-state index in [0.29, 0.717) is 19.5 Å². The van der Waals surface area contributed by atoms with Crippen LogP contribution in [0.3, 0.4) is 0 Å². The molecule has 0 radical (unpaired) electrons. The van der Waals surface area contributed by atoms with E-state index in [4.69, 9.17) is 4.74 Å². The fourth-order valence-electron chi connectivity index (χ4n) is 2.90. The maximum Gasteiger partial charge on any atom is 0.235 e. The monoisotopic (exact) mass is 382 g/mol. The van der Waals surface area contributed by atoms with Crippen LogP contribution >= 0.6 is 0 Å². The first kappa shape index (κ1) is 21.5. The van der Waals surface area contributed by atoms with Gasteiger partial charge in [0.05, 0.1) is 7.11 Å². The first-order chi connectivity index (χ1) is 13.4. The molecule has 0 aliphatic rings. The Kier molecular flexibility index (Phi) is 8.05. The van der Waals surface area contributed by atoms with Crippen molar-refractivity contribution in [3.63, 3.8) is 0 Å². The molecular weight excluding hydrogens is 352 g/mol. The van der Waals surface area contributed by atoms with Crippen LogP contribution in [0.5, 0.6) is 5.75 Å². The molecule has 2 N–H and O–H groups in total. The molecule has 5 heteroatoms. The Balaban J connectivity index is 1.75. The summed E-state index contributed by atoms with van der Waals surface area (Å²) in [5.74, 6) is 0.269. The van der Waals surface area contributed by atoms with Gasteiger partial charge in [-0.25, -0.2) is 0 Å². The van der Waals surface area contributed by atoms with Crippen LogP contribution in [0.4, 0.5) is 0 Å². The van der Waals surface area contributed by atoms with Crippen molar-refractivity contribution >= 4 is 11.8 Å². The predicted octanol–water partition coefficient (Wildman–Crippen LogP) is 3.13. The van der Waals surface area contributed by atoms with Gasteiger partial charge in [0.2, 0.25) is 11.8 Å². The molecule has 5 nitrogen and oxygen atoms in total. The number of hydrogen-bond acceptors (Lipinski definition) is 3. The van der Waals surface area contributed by atoms with E-state index >= 15 is 0 Å². The normalized spacial score (nSPS) is 11.0. The summed E-state index contributed by atoms with van der Waals surface area (Å²) in [5.41, 5.74) is 1.15. The van der Waals surface area contributed by atoms with E-state index in [2.05, 4.69) is 22.8 Å². The average Bonchev–Trinajstić information content (AvgIpc) is 2.72. The van der Waals surface area contributed by atoms with Crippen LogP contribution in [-0.4, -0.2) is 32.0 Å². The zero-order valence-electron chi connectivity index (χ0n) is 17.0. The van der Waals surface area contributed by atoms with Gasteiger partial charge >= 0.3 is 0 Å². The molecule has 0 spiro atoms. The van der Waals surface area contributed by atoms with E-state index in [1.165, 1.54) is 5.56 Å². The number of carbonyl (C=O) groups is 2. The standard InChI is InChI=1S/C23H30N2O3/c1-23(2,21(26)24-16-9-12-18-10-5-4-6-11-18)22(27)25-17-15-19-13-7-8-14-20(19)28-3/h4-8,10-11,13-14H,9,12,15-17H2,1-3H3,(H,24,26)(H,25,27). The maximum absolute atomic E-state index is 12.5. The number of methoxy groups -OCH3 is 1. The van der Waals surface area contributed by atoms with E-state index in [1.54, 1.807) is 21.0 Å². The molecular formula is C23H30N2O3. The highest BCUT2D eigenvalue weighted by atomic mass is 16.5. The number of nitrogens with one attached hydrogen (secondary N) is 2. The average molecular weight is 383 g/mol. The first-order valence-corrected chi connectivity index (χ1v) is 9.67. The van der Waals surface area contributed by atoms with E-state index in [0.717, 1.165) is 24.2 Å². The smallest absolute Gasteiger partial charge is 0.235 e. The lowest BCUT2D eigenvalue weighted by atomic mass is 9.91. The van der Waals surface area contributed by atoms with Gasteiger partial charge in [-0.1, -0.05) is 48.5 Å². The number of ether oxygens (including phenoxy) is 1. The lowest BCUT2D eigenvalue weighted by Gasteiger charge is -2.23. The molecule has 150 valence electrons. The molecule has 0 saturated heterocycles. The number of hydrogen-bond donors (Lipinski definition) is 2. The molecule has 0 atom stereocenters. The van der Waals surface area contributed by atoms with Gasteiger partial charge in [-0.3, -0.25) is 9.59 Å². The highest BCUT2D eigenvalue weighted by Gasteiger charge is 2.35. The number of amides is 2. The summed E-state index contributed by atoms with van der Waals surface area (Å²) < 4.78 is 5.32. The largest absolute Gasteiger partial charge is 0.496 e. The van der Waals surface area contributed by atoms with Crippen molar-refractivity contribution in [1.82, 2.24) is 10.6 Å². The Morgan fingerprint density at radius 2 is 1.46 bits per heavy atom. The van der Waals surface area contributed by atoms with Gasteiger partial charge in [-0.15, -0.1) is 0 Å². The minimum absolute atomic E-state index is 0.254. The van der Waals surface area contributed by atoms with Crippen LogP contribution in [0, 0.1) is 5.41 Å². The summed E-state index contributed by atoms with van der Waals surface area (Å²) in [5, 5.41) is 5.75. The van der Waals surface area contributed by atoms with Gasteiger partial charge < -0.3 is 15.4 Å². The van der Waals surface area contributed by atoms with Gasteiger partial charge in [0.15, 0.2) is 0 Å². The van der Waals surface area contributed by atoms with E-state index in [9.17, 15) is 9.59 Å². The minimum atomic E-state index is -1.12. The molecule has 0 saturated carbocycles. The first-order valence-electron chi connectivity index (χ1n) is 9.67. The molecule has 2 aromatic rings. The van der Waals surface area contributed by atoms with Crippen molar-refractivity contribution in [3.05, 3.63) is 65.7 Å². The molecule has 0 unspecified atom stereocenters. The van der Waals surface area contributed by atoms with Gasteiger partial charge in [0.1, 0.15) is 11.2 Å². The SMILES string of the molecule is COc1ccccc1CCNC(=O)C(C)(C)C(=O)NCCCc1ccccc1. The summed E-state index contributed by atoms with van der Waals surface area (Å²) in [4.78, 5) is 25.0. The van der Waals surface area contributed by atoms with Gasteiger partial charge in [0, 0.05) is 13.1 Å². The topological polar surface area (TPSA) is 67.4 Å². The lowest BCUT2D eigenvalue weighted by molar-refractivity contribution is -0.141. The van der Waals surface area contributed by atoms with Crippen molar-refractivity contribution in [2.75, 3.05) is 20.2 Å². The van der Waals surface area contributed by atoms with E-state index in [1.807, 2.05) is 42.5 Å². The Labute approximate surface area is 167 Å². The number of benzene rings is 2. The highest BCUT2D eigenvalue weighted by Crippen LogP contribution is 2.18. The zero-order valence-corrected chi connectivity index (χ0v) is 17.0. The van der Waals surface area contributed by atoms with Crippen molar-refractivity contribution in [1.29, 1.82) is 0 Å². The Hall–Kier alpha value is -2.82. The van der Waals surface area contributed by atoms with Crippen molar-refractivity contribution in [2.45, 2.75) is 33.1 Å². The number of para-hydroxylation sites is 1. The van der Waals surface area contributed by atoms with Crippen molar-refractivity contribution in [2.24, 2.45) is 5.41 Å². The van der Waals surface area contributed by atoms with Crippen LogP contribution < -0.4 is 15.4 Å². The molecule has 2 amide bonds. The predicted molar refractivity (Wildman–Crippen MR) is 111 cm³/mol. The fraction of sp³-hybridized carbons (Fsp3) is 0.391. The molecule has 0 aromatic heterocycles. The number of carbonyl (C=O) groups excluding carboxylic acids is 2. The summed E-state index contributed by atoms with van der Waals surface area (Å²) in [6, 6.07) is 17.8.